The number of hydrogen-bond acceptors (Lipinski definition) is 3. The fraction of sp³-hybridized carbons (Fsp3) is 0.263. The van der Waals surface area contributed by atoms with Gasteiger partial charge in [0, 0.05) is 23.5 Å². The van der Waals surface area contributed by atoms with Crippen LogP contribution in [0.1, 0.15) is 28.8 Å². The van der Waals surface area contributed by atoms with Crippen molar-refractivity contribution in [3.63, 3.8) is 0 Å². The highest BCUT2D eigenvalue weighted by Crippen LogP contribution is 2.24. The SMILES string of the molecule is Cc1ccc(N[C@@H]2CCCN(c3cccc(F)c3)C2=O)cc1C(N)=O. The summed E-state index contributed by atoms with van der Waals surface area (Å²) in [6, 6.07) is 10.9. The predicted molar refractivity (Wildman–Crippen MR) is 95.1 cm³/mol. The minimum atomic E-state index is -0.502. The monoisotopic (exact) mass is 341 g/mol. The molecule has 2 amide bonds. The van der Waals surface area contributed by atoms with Crippen molar-refractivity contribution in [2.24, 2.45) is 5.73 Å². The molecule has 130 valence electrons. The minimum absolute atomic E-state index is 0.113. The number of piperidine rings is 1. The first kappa shape index (κ1) is 17.0. The smallest absolute Gasteiger partial charge is 0.249 e. The number of rotatable bonds is 4. The fourth-order valence-corrected chi connectivity index (χ4v) is 3.09. The van der Waals surface area contributed by atoms with Crippen LogP contribution in [0.4, 0.5) is 15.8 Å². The van der Waals surface area contributed by atoms with Crippen LogP contribution in [-0.4, -0.2) is 24.4 Å². The number of hydrogen-bond donors (Lipinski definition) is 2. The zero-order valence-corrected chi connectivity index (χ0v) is 14.0. The first-order chi connectivity index (χ1) is 12.0. The number of amides is 2. The lowest BCUT2D eigenvalue weighted by molar-refractivity contribution is -0.120. The summed E-state index contributed by atoms with van der Waals surface area (Å²) in [4.78, 5) is 25.9. The molecule has 0 aliphatic carbocycles. The van der Waals surface area contributed by atoms with E-state index in [-0.39, 0.29) is 11.7 Å². The van der Waals surface area contributed by atoms with Gasteiger partial charge in [-0.1, -0.05) is 12.1 Å². The number of nitrogens with one attached hydrogen (secondary N) is 1. The van der Waals surface area contributed by atoms with Gasteiger partial charge in [-0.2, -0.15) is 0 Å². The van der Waals surface area contributed by atoms with E-state index in [0.29, 0.717) is 29.9 Å². The number of anilines is 2. The van der Waals surface area contributed by atoms with Crippen LogP contribution in [0.15, 0.2) is 42.5 Å². The normalized spacial score (nSPS) is 17.4. The zero-order valence-electron chi connectivity index (χ0n) is 14.0. The van der Waals surface area contributed by atoms with Gasteiger partial charge in [0.15, 0.2) is 0 Å². The summed E-state index contributed by atoms with van der Waals surface area (Å²) < 4.78 is 13.5. The molecule has 25 heavy (non-hydrogen) atoms. The second-order valence-electron chi connectivity index (χ2n) is 6.20. The van der Waals surface area contributed by atoms with E-state index < -0.39 is 11.9 Å². The highest BCUT2D eigenvalue weighted by atomic mass is 19.1. The summed E-state index contributed by atoms with van der Waals surface area (Å²) in [5, 5.41) is 3.17. The summed E-state index contributed by atoms with van der Waals surface area (Å²) in [6.07, 6.45) is 1.47. The Morgan fingerprint density at radius 3 is 2.80 bits per heavy atom. The van der Waals surface area contributed by atoms with Gasteiger partial charge in [0.25, 0.3) is 0 Å². The van der Waals surface area contributed by atoms with E-state index in [1.165, 1.54) is 12.1 Å². The van der Waals surface area contributed by atoms with Crippen molar-refractivity contribution >= 4 is 23.2 Å². The molecule has 1 atom stereocenters. The number of aryl methyl sites for hydroxylation is 1. The number of carbonyl (C=O) groups excluding carboxylic acids is 2. The molecular formula is C19H20FN3O2. The number of benzene rings is 2. The van der Waals surface area contributed by atoms with Crippen LogP contribution in [0.5, 0.6) is 0 Å². The van der Waals surface area contributed by atoms with Crippen LogP contribution >= 0.6 is 0 Å². The van der Waals surface area contributed by atoms with Crippen molar-refractivity contribution in [2.45, 2.75) is 25.8 Å². The Kier molecular flexibility index (Phi) is 4.70. The summed E-state index contributed by atoms with van der Waals surface area (Å²) in [5.74, 6) is -0.986. The largest absolute Gasteiger partial charge is 0.374 e. The molecule has 3 N–H and O–H groups in total. The number of carbonyl (C=O) groups is 2. The van der Waals surface area contributed by atoms with Crippen molar-refractivity contribution in [1.82, 2.24) is 0 Å². The molecule has 0 saturated carbocycles. The highest BCUT2D eigenvalue weighted by Gasteiger charge is 2.29. The molecule has 1 aliphatic heterocycles. The second kappa shape index (κ2) is 6.93. The molecule has 1 heterocycles. The molecule has 1 saturated heterocycles. The summed E-state index contributed by atoms with van der Waals surface area (Å²) in [6.45, 7) is 2.36. The summed E-state index contributed by atoms with van der Waals surface area (Å²) in [5.41, 5.74) is 7.81. The van der Waals surface area contributed by atoms with Gasteiger partial charge in [-0.3, -0.25) is 9.59 Å². The number of primary amides is 1. The lowest BCUT2D eigenvalue weighted by Crippen LogP contribution is -2.47. The lowest BCUT2D eigenvalue weighted by Gasteiger charge is -2.33. The van der Waals surface area contributed by atoms with Crippen LogP contribution in [0.25, 0.3) is 0 Å². The molecule has 2 aromatic carbocycles. The average Bonchev–Trinajstić information content (AvgIpc) is 2.58. The van der Waals surface area contributed by atoms with E-state index in [4.69, 9.17) is 5.73 Å². The molecule has 0 bridgehead atoms. The standard InChI is InChI=1S/C19H20FN3O2/c1-12-7-8-14(11-16(12)18(21)24)22-17-6-3-9-23(19(17)25)15-5-2-4-13(20)10-15/h2,4-5,7-8,10-11,17,22H,3,6,9H2,1H3,(H2,21,24)/t17-/m1/s1. The second-order valence-corrected chi connectivity index (χ2v) is 6.20. The van der Waals surface area contributed by atoms with Gasteiger partial charge in [0.05, 0.1) is 0 Å². The van der Waals surface area contributed by atoms with E-state index >= 15 is 0 Å². The molecular weight excluding hydrogens is 321 g/mol. The maximum atomic E-state index is 13.5. The third kappa shape index (κ3) is 3.63. The van der Waals surface area contributed by atoms with Gasteiger partial charge in [-0.05, 0) is 55.7 Å². The van der Waals surface area contributed by atoms with Crippen molar-refractivity contribution in [3.05, 3.63) is 59.4 Å². The summed E-state index contributed by atoms with van der Waals surface area (Å²) in [7, 11) is 0. The highest BCUT2D eigenvalue weighted by molar-refractivity contribution is 6.00. The molecule has 3 rings (SSSR count). The quantitative estimate of drug-likeness (QED) is 0.898. The Labute approximate surface area is 145 Å². The maximum absolute atomic E-state index is 13.5. The van der Waals surface area contributed by atoms with Crippen LogP contribution in [-0.2, 0) is 4.79 Å². The molecule has 0 radical (unpaired) electrons. The van der Waals surface area contributed by atoms with E-state index in [0.717, 1.165) is 12.0 Å². The van der Waals surface area contributed by atoms with Gasteiger partial charge < -0.3 is 16.0 Å². The maximum Gasteiger partial charge on any atom is 0.249 e. The molecule has 1 fully saturated rings. The van der Waals surface area contributed by atoms with E-state index in [1.807, 2.05) is 6.07 Å². The lowest BCUT2D eigenvalue weighted by atomic mass is 10.0. The Morgan fingerprint density at radius 1 is 1.28 bits per heavy atom. The number of halogens is 1. The first-order valence-corrected chi connectivity index (χ1v) is 8.19. The molecule has 5 nitrogen and oxygen atoms in total. The zero-order chi connectivity index (χ0) is 18.0. The molecule has 0 aromatic heterocycles. The number of nitrogens with two attached hydrogens (primary N) is 1. The summed E-state index contributed by atoms with van der Waals surface area (Å²) >= 11 is 0. The van der Waals surface area contributed by atoms with Gasteiger partial charge in [-0.25, -0.2) is 4.39 Å². The van der Waals surface area contributed by atoms with E-state index in [9.17, 15) is 14.0 Å². The Balaban J connectivity index is 1.80. The first-order valence-electron chi connectivity index (χ1n) is 8.19. The third-order valence-corrected chi connectivity index (χ3v) is 4.40. The van der Waals surface area contributed by atoms with Crippen LogP contribution in [0.3, 0.4) is 0 Å². The predicted octanol–water partition coefficient (Wildman–Crippen LogP) is 2.84. The van der Waals surface area contributed by atoms with Crippen molar-refractivity contribution < 1.29 is 14.0 Å². The van der Waals surface area contributed by atoms with Crippen LogP contribution < -0.4 is 16.0 Å². The van der Waals surface area contributed by atoms with Gasteiger partial charge in [-0.15, -0.1) is 0 Å². The van der Waals surface area contributed by atoms with Crippen molar-refractivity contribution in [1.29, 1.82) is 0 Å². The van der Waals surface area contributed by atoms with Crippen LogP contribution in [0, 0.1) is 12.7 Å². The van der Waals surface area contributed by atoms with Gasteiger partial charge >= 0.3 is 0 Å². The minimum Gasteiger partial charge on any atom is -0.374 e. The fourth-order valence-electron chi connectivity index (χ4n) is 3.09. The Morgan fingerprint density at radius 2 is 2.08 bits per heavy atom. The van der Waals surface area contributed by atoms with Crippen molar-refractivity contribution in [3.8, 4) is 0 Å². The van der Waals surface area contributed by atoms with Gasteiger partial charge in [0.1, 0.15) is 11.9 Å². The molecule has 0 spiro atoms. The van der Waals surface area contributed by atoms with Gasteiger partial charge in [0.2, 0.25) is 11.8 Å². The molecule has 6 heteroatoms. The van der Waals surface area contributed by atoms with E-state index in [2.05, 4.69) is 5.32 Å². The van der Waals surface area contributed by atoms with Crippen LogP contribution in [0.2, 0.25) is 0 Å². The third-order valence-electron chi connectivity index (χ3n) is 4.40. The molecule has 0 unspecified atom stereocenters. The topological polar surface area (TPSA) is 75.4 Å². The van der Waals surface area contributed by atoms with E-state index in [1.54, 1.807) is 36.1 Å². The number of nitrogens with zero attached hydrogens (tertiary/aromatic N) is 1. The molecule has 2 aromatic rings. The van der Waals surface area contributed by atoms with Crippen molar-refractivity contribution in [2.75, 3.05) is 16.8 Å². The Hall–Kier alpha value is -2.89. The molecule has 1 aliphatic rings. The Bertz CT molecular complexity index is 822. The average molecular weight is 341 g/mol.